The standard InChI is InChI=1S/C11H14FN.ClH/c12-10-6-4-9(5-7-10)11-3-1-2-8-13-11;/h4-7,11,13H,1-3,8H2;1H. The van der Waals surface area contributed by atoms with Gasteiger partial charge in [-0.3, -0.25) is 0 Å². The smallest absolute Gasteiger partial charge is 0.123 e. The highest BCUT2D eigenvalue weighted by atomic mass is 35.5. The molecular formula is C11H15ClFN. The first-order chi connectivity index (χ1) is 6.36. The van der Waals surface area contributed by atoms with Crippen molar-refractivity contribution in [2.24, 2.45) is 0 Å². The molecule has 1 aromatic rings. The molecule has 0 saturated carbocycles. The van der Waals surface area contributed by atoms with E-state index in [2.05, 4.69) is 5.32 Å². The molecule has 0 aromatic heterocycles. The van der Waals surface area contributed by atoms with Gasteiger partial charge in [-0.15, -0.1) is 12.4 Å². The summed E-state index contributed by atoms with van der Waals surface area (Å²) in [5.41, 5.74) is 1.21. The number of hydrogen-bond donors (Lipinski definition) is 1. The van der Waals surface area contributed by atoms with Crippen LogP contribution in [0.3, 0.4) is 0 Å². The van der Waals surface area contributed by atoms with Crippen molar-refractivity contribution >= 4 is 12.4 Å². The Hall–Kier alpha value is -0.600. The topological polar surface area (TPSA) is 12.0 Å². The molecule has 1 fully saturated rings. The van der Waals surface area contributed by atoms with Gasteiger partial charge in [-0.05, 0) is 37.1 Å². The second kappa shape index (κ2) is 5.32. The van der Waals surface area contributed by atoms with Crippen LogP contribution in [-0.4, -0.2) is 6.54 Å². The molecule has 78 valence electrons. The Kier molecular flexibility index (Phi) is 4.36. The molecule has 2 rings (SSSR count). The van der Waals surface area contributed by atoms with Gasteiger partial charge < -0.3 is 5.32 Å². The van der Waals surface area contributed by atoms with E-state index in [0.717, 1.165) is 6.54 Å². The second-order valence-electron chi connectivity index (χ2n) is 3.55. The van der Waals surface area contributed by atoms with Gasteiger partial charge in [0.15, 0.2) is 0 Å². The monoisotopic (exact) mass is 215 g/mol. The Morgan fingerprint density at radius 2 is 1.86 bits per heavy atom. The van der Waals surface area contributed by atoms with Crippen LogP contribution in [0.4, 0.5) is 4.39 Å². The summed E-state index contributed by atoms with van der Waals surface area (Å²) in [5, 5.41) is 3.43. The number of benzene rings is 1. The molecule has 1 aromatic carbocycles. The molecule has 1 N–H and O–H groups in total. The third-order valence-corrected chi connectivity index (χ3v) is 2.58. The molecule has 0 amide bonds. The SMILES string of the molecule is Cl.Fc1ccc(C2CCCCN2)cc1. The highest BCUT2D eigenvalue weighted by molar-refractivity contribution is 5.85. The summed E-state index contributed by atoms with van der Waals surface area (Å²) in [6.45, 7) is 1.09. The zero-order chi connectivity index (χ0) is 9.10. The van der Waals surface area contributed by atoms with E-state index in [1.807, 2.05) is 12.1 Å². The first-order valence-corrected chi connectivity index (χ1v) is 4.85. The van der Waals surface area contributed by atoms with E-state index >= 15 is 0 Å². The number of hydrogen-bond acceptors (Lipinski definition) is 1. The van der Waals surface area contributed by atoms with Crippen molar-refractivity contribution < 1.29 is 4.39 Å². The zero-order valence-electron chi connectivity index (χ0n) is 8.00. The maximum atomic E-state index is 12.6. The van der Waals surface area contributed by atoms with Crippen molar-refractivity contribution in [1.29, 1.82) is 0 Å². The minimum absolute atomic E-state index is 0. The van der Waals surface area contributed by atoms with Crippen LogP contribution < -0.4 is 5.32 Å². The Morgan fingerprint density at radius 1 is 1.14 bits per heavy atom. The second-order valence-corrected chi connectivity index (χ2v) is 3.55. The van der Waals surface area contributed by atoms with Crippen molar-refractivity contribution in [1.82, 2.24) is 5.32 Å². The normalized spacial score (nSPS) is 21.4. The molecule has 14 heavy (non-hydrogen) atoms. The summed E-state index contributed by atoms with van der Waals surface area (Å²) in [7, 11) is 0. The number of nitrogens with one attached hydrogen (secondary N) is 1. The van der Waals surface area contributed by atoms with Crippen LogP contribution in [0.15, 0.2) is 24.3 Å². The fraction of sp³-hybridized carbons (Fsp3) is 0.455. The molecule has 0 spiro atoms. The van der Waals surface area contributed by atoms with Gasteiger partial charge in [-0.25, -0.2) is 4.39 Å². The largest absolute Gasteiger partial charge is 0.310 e. The maximum absolute atomic E-state index is 12.6. The van der Waals surface area contributed by atoms with Crippen LogP contribution in [0.25, 0.3) is 0 Å². The fourth-order valence-corrected chi connectivity index (χ4v) is 1.83. The third-order valence-electron chi connectivity index (χ3n) is 2.58. The van der Waals surface area contributed by atoms with Crippen LogP contribution in [0.1, 0.15) is 30.9 Å². The molecule has 1 unspecified atom stereocenters. The van der Waals surface area contributed by atoms with Gasteiger partial charge in [-0.1, -0.05) is 18.6 Å². The van der Waals surface area contributed by atoms with Crippen molar-refractivity contribution in [3.8, 4) is 0 Å². The Balaban J connectivity index is 0.000000980. The average molecular weight is 216 g/mol. The van der Waals surface area contributed by atoms with E-state index in [9.17, 15) is 4.39 Å². The Bertz CT molecular complexity index is 267. The van der Waals surface area contributed by atoms with E-state index in [1.165, 1.54) is 37.0 Å². The highest BCUT2D eigenvalue weighted by Crippen LogP contribution is 2.22. The van der Waals surface area contributed by atoms with Crippen LogP contribution >= 0.6 is 12.4 Å². The van der Waals surface area contributed by atoms with Crippen LogP contribution in [0, 0.1) is 5.82 Å². The molecule has 0 radical (unpaired) electrons. The molecule has 0 aliphatic carbocycles. The van der Waals surface area contributed by atoms with Crippen molar-refractivity contribution in [3.05, 3.63) is 35.6 Å². The first kappa shape index (κ1) is 11.5. The van der Waals surface area contributed by atoms with E-state index in [-0.39, 0.29) is 18.2 Å². The molecule has 3 heteroatoms. The molecular weight excluding hydrogens is 201 g/mol. The summed E-state index contributed by atoms with van der Waals surface area (Å²) < 4.78 is 12.6. The van der Waals surface area contributed by atoms with Gasteiger partial charge in [0.05, 0.1) is 0 Å². The van der Waals surface area contributed by atoms with E-state index < -0.39 is 0 Å². The maximum Gasteiger partial charge on any atom is 0.123 e. The molecule has 1 heterocycles. The summed E-state index contributed by atoms with van der Waals surface area (Å²) >= 11 is 0. The lowest BCUT2D eigenvalue weighted by atomic mass is 9.98. The predicted octanol–water partition coefficient (Wildman–Crippen LogP) is 3.06. The zero-order valence-corrected chi connectivity index (χ0v) is 8.82. The lowest BCUT2D eigenvalue weighted by Crippen LogP contribution is -2.26. The molecule has 1 aliphatic rings. The molecule has 1 saturated heterocycles. The van der Waals surface area contributed by atoms with Gasteiger partial charge in [0.2, 0.25) is 0 Å². The highest BCUT2D eigenvalue weighted by Gasteiger charge is 2.13. The minimum Gasteiger partial charge on any atom is -0.310 e. The molecule has 1 aliphatic heterocycles. The quantitative estimate of drug-likeness (QED) is 0.759. The van der Waals surface area contributed by atoms with E-state index in [0.29, 0.717) is 6.04 Å². The van der Waals surface area contributed by atoms with Gasteiger partial charge in [-0.2, -0.15) is 0 Å². The van der Waals surface area contributed by atoms with Crippen LogP contribution in [-0.2, 0) is 0 Å². The lowest BCUT2D eigenvalue weighted by molar-refractivity contribution is 0.412. The number of rotatable bonds is 1. The average Bonchev–Trinajstić information content (AvgIpc) is 2.20. The molecule has 1 nitrogen and oxygen atoms in total. The summed E-state index contributed by atoms with van der Waals surface area (Å²) in [6.07, 6.45) is 3.71. The fourth-order valence-electron chi connectivity index (χ4n) is 1.83. The number of piperidine rings is 1. The van der Waals surface area contributed by atoms with Crippen LogP contribution in [0.2, 0.25) is 0 Å². The summed E-state index contributed by atoms with van der Waals surface area (Å²) in [6, 6.07) is 7.25. The van der Waals surface area contributed by atoms with Crippen molar-refractivity contribution in [2.75, 3.05) is 6.54 Å². The van der Waals surface area contributed by atoms with Crippen LogP contribution in [0.5, 0.6) is 0 Å². The predicted molar refractivity (Wildman–Crippen MR) is 58.2 cm³/mol. The minimum atomic E-state index is -0.153. The Morgan fingerprint density at radius 3 is 2.43 bits per heavy atom. The Labute approximate surface area is 90.1 Å². The van der Waals surface area contributed by atoms with Crippen molar-refractivity contribution in [2.45, 2.75) is 25.3 Å². The first-order valence-electron chi connectivity index (χ1n) is 4.85. The van der Waals surface area contributed by atoms with E-state index in [1.54, 1.807) is 0 Å². The lowest BCUT2D eigenvalue weighted by Gasteiger charge is -2.23. The van der Waals surface area contributed by atoms with Gasteiger partial charge in [0.25, 0.3) is 0 Å². The molecule has 1 atom stereocenters. The summed E-state index contributed by atoms with van der Waals surface area (Å²) in [4.78, 5) is 0. The van der Waals surface area contributed by atoms with E-state index in [4.69, 9.17) is 0 Å². The van der Waals surface area contributed by atoms with Crippen molar-refractivity contribution in [3.63, 3.8) is 0 Å². The number of halogens is 2. The van der Waals surface area contributed by atoms with Gasteiger partial charge >= 0.3 is 0 Å². The third kappa shape index (κ3) is 2.69. The summed E-state index contributed by atoms with van der Waals surface area (Å²) in [5.74, 6) is -0.153. The molecule has 0 bridgehead atoms. The van der Waals surface area contributed by atoms with Gasteiger partial charge in [0, 0.05) is 6.04 Å². The van der Waals surface area contributed by atoms with Gasteiger partial charge in [0.1, 0.15) is 5.82 Å².